The minimum atomic E-state index is 0.0481. The van der Waals surface area contributed by atoms with Crippen LogP contribution in [0.2, 0.25) is 0 Å². The molecule has 0 saturated carbocycles. The summed E-state index contributed by atoms with van der Waals surface area (Å²) in [5.74, 6) is 0. The third-order valence-electron chi connectivity index (χ3n) is 3.28. The zero-order chi connectivity index (χ0) is 13.2. The van der Waals surface area contributed by atoms with Crippen molar-refractivity contribution in [3.8, 4) is 0 Å². The molecule has 0 saturated heterocycles. The second kappa shape index (κ2) is 5.35. The predicted molar refractivity (Wildman–Crippen MR) is 84.2 cm³/mol. The Labute approximate surface area is 122 Å². The molecule has 0 amide bonds. The average Bonchev–Trinajstić information content (AvgIpc) is 2.92. The summed E-state index contributed by atoms with van der Waals surface area (Å²) in [6.07, 6.45) is 0. The quantitative estimate of drug-likeness (QED) is 0.732. The van der Waals surface area contributed by atoms with Crippen LogP contribution in [-0.4, -0.2) is 31.2 Å². The van der Waals surface area contributed by atoms with Gasteiger partial charge in [0.2, 0.25) is 0 Å². The fraction of sp³-hybridized carbons (Fsp3) is 0.267. The Morgan fingerprint density at radius 3 is 2.95 bits per heavy atom. The number of para-hydroxylation sites is 1. The van der Waals surface area contributed by atoms with Crippen LogP contribution in [0.15, 0.2) is 46.1 Å². The van der Waals surface area contributed by atoms with E-state index >= 15 is 0 Å². The molecule has 0 bridgehead atoms. The highest BCUT2D eigenvalue weighted by atomic mass is 35.5. The maximum atomic E-state index is 6.34. The minimum absolute atomic E-state index is 0.0481. The van der Waals surface area contributed by atoms with E-state index in [1.807, 2.05) is 0 Å². The van der Waals surface area contributed by atoms with Crippen molar-refractivity contribution in [3.63, 3.8) is 0 Å². The number of anilines is 1. The van der Waals surface area contributed by atoms with Crippen molar-refractivity contribution in [2.75, 3.05) is 25.0 Å². The number of benzene rings is 1. The standard InChI is InChI=1S/C15H15ClN2S/c1-18-9-12(16)8-17-15(11-6-7-19-10-11)13-4-2-3-5-14(13)18/h2-7,10,12H,8-9H2,1H3. The molecule has 0 fully saturated rings. The maximum Gasteiger partial charge on any atom is 0.0748 e. The molecule has 1 aliphatic rings. The van der Waals surface area contributed by atoms with E-state index in [0.717, 1.165) is 12.3 Å². The first-order valence-corrected chi connectivity index (χ1v) is 7.65. The zero-order valence-corrected chi connectivity index (χ0v) is 12.3. The molecule has 0 aliphatic carbocycles. The molecular formula is C15H15ClN2S. The first-order chi connectivity index (χ1) is 9.25. The zero-order valence-electron chi connectivity index (χ0n) is 10.7. The summed E-state index contributed by atoms with van der Waals surface area (Å²) >= 11 is 8.03. The summed E-state index contributed by atoms with van der Waals surface area (Å²) in [6, 6.07) is 10.5. The van der Waals surface area contributed by atoms with Gasteiger partial charge in [-0.2, -0.15) is 11.3 Å². The number of fused-ring (bicyclic) bond motifs is 1. The first-order valence-electron chi connectivity index (χ1n) is 6.27. The van der Waals surface area contributed by atoms with Crippen molar-refractivity contribution in [1.29, 1.82) is 0 Å². The largest absolute Gasteiger partial charge is 0.372 e. The van der Waals surface area contributed by atoms with Crippen LogP contribution < -0.4 is 4.90 Å². The van der Waals surface area contributed by atoms with E-state index in [-0.39, 0.29) is 5.38 Å². The molecular weight excluding hydrogens is 276 g/mol. The lowest BCUT2D eigenvalue weighted by Crippen LogP contribution is -2.31. The second-order valence-electron chi connectivity index (χ2n) is 4.70. The Morgan fingerprint density at radius 2 is 2.16 bits per heavy atom. The first kappa shape index (κ1) is 12.7. The topological polar surface area (TPSA) is 15.6 Å². The normalized spacial score (nSPS) is 19.4. The molecule has 2 aromatic rings. The lowest BCUT2D eigenvalue weighted by molar-refractivity contribution is 0.798. The van der Waals surface area contributed by atoms with Gasteiger partial charge in [-0.05, 0) is 17.5 Å². The SMILES string of the molecule is CN1CC(Cl)CN=C(c2ccsc2)c2ccccc21. The van der Waals surface area contributed by atoms with Gasteiger partial charge in [0, 0.05) is 35.8 Å². The molecule has 1 aromatic heterocycles. The highest BCUT2D eigenvalue weighted by Gasteiger charge is 2.19. The summed E-state index contributed by atoms with van der Waals surface area (Å²) in [5.41, 5.74) is 4.61. The molecule has 1 unspecified atom stereocenters. The number of alkyl halides is 1. The summed E-state index contributed by atoms with van der Waals surface area (Å²) < 4.78 is 0. The Morgan fingerprint density at radius 1 is 1.32 bits per heavy atom. The summed E-state index contributed by atoms with van der Waals surface area (Å²) in [6.45, 7) is 1.48. The van der Waals surface area contributed by atoms with E-state index in [4.69, 9.17) is 16.6 Å². The van der Waals surface area contributed by atoms with Crippen LogP contribution in [0.3, 0.4) is 0 Å². The highest BCUT2D eigenvalue weighted by Crippen LogP contribution is 2.26. The molecule has 0 spiro atoms. The molecule has 1 aromatic carbocycles. The summed E-state index contributed by atoms with van der Waals surface area (Å²) in [4.78, 5) is 6.96. The molecule has 0 N–H and O–H groups in total. The van der Waals surface area contributed by atoms with Gasteiger partial charge in [0.15, 0.2) is 0 Å². The van der Waals surface area contributed by atoms with Gasteiger partial charge < -0.3 is 4.90 Å². The monoisotopic (exact) mass is 290 g/mol. The van der Waals surface area contributed by atoms with Crippen LogP contribution in [0.4, 0.5) is 5.69 Å². The minimum Gasteiger partial charge on any atom is -0.372 e. The Hall–Kier alpha value is -1.32. The van der Waals surface area contributed by atoms with Gasteiger partial charge in [-0.3, -0.25) is 4.99 Å². The molecule has 98 valence electrons. The number of hydrogen-bond donors (Lipinski definition) is 0. The fourth-order valence-electron chi connectivity index (χ4n) is 2.38. The van der Waals surface area contributed by atoms with Gasteiger partial charge >= 0.3 is 0 Å². The van der Waals surface area contributed by atoms with Crippen molar-refractivity contribution < 1.29 is 0 Å². The van der Waals surface area contributed by atoms with E-state index in [0.29, 0.717) is 6.54 Å². The Kier molecular flexibility index (Phi) is 3.58. The Balaban J connectivity index is 2.15. The van der Waals surface area contributed by atoms with Gasteiger partial charge in [0.05, 0.1) is 17.6 Å². The number of thiophene rings is 1. The van der Waals surface area contributed by atoms with E-state index < -0.39 is 0 Å². The van der Waals surface area contributed by atoms with E-state index in [1.54, 1.807) is 11.3 Å². The molecule has 0 radical (unpaired) electrons. The third-order valence-corrected chi connectivity index (χ3v) is 4.24. The van der Waals surface area contributed by atoms with E-state index in [1.165, 1.54) is 16.8 Å². The smallest absolute Gasteiger partial charge is 0.0748 e. The van der Waals surface area contributed by atoms with Gasteiger partial charge in [-0.25, -0.2) is 0 Å². The van der Waals surface area contributed by atoms with Crippen LogP contribution in [0, 0.1) is 0 Å². The van der Waals surface area contributed by atoms with Gasteiger partial charge in [-0.1, -0.05) is 18.2 Å². The van der Waals surface area contributed by atoms with Crippen molar-refractivity contribution in [3.05, 3.63) is 52.2 Å². The van der Waals surface area contributed by atoms with Gasteiger partial charge in [0.25, 0.3) is 0 Å². The van der Waals surface area contributed by atoms with Gasteiger partial charge in [0.1, 0.15) is 0 Å². The van der Waals surface area contributed by atoms with Gasteiger partial charge in [-0.15, -0.1) is 11.6 Å². The van der Waals surface area contributed by atoms with Crippen molar-refractivity contribution in [2.45, 2.75) is 5.38 Å². The van der Waals surface area contributed by atoms with Crippen LogP contribution >= 0.6 is 22.9 Å². The van der Waals surface area contributed by atoms with Crippen LogP contribution in [-0.2, 0) is 0 Å². The van der Waals surface area contributed by atoms with Crippen molar-refractivity contribution in [2.24, 2.45) is 4.99 Å². The van der Waals surface area contributed by atoms with Crippen LogP contribution in [0.1, 0.15) is 11.1 Å². The average molecular weight is 291 g/mol. The number of hydrogen-bond acceptors (Lipinski definition) is 3. The maximum absolute atomic E-state index is 6.34. The lowest BCUT2D eigenvalue weighted by atomic mass is 10.0. The fourth-order valence-corrected chi connectivity index (χ4v) is 3.30. The summed E-state index contributed by atoms with van der Waals surface area (Å²) in [5, 5.41) is 4.27. The predicted octanol–water partition coefficient (Wildman–Crippen LogP) is 3.64. The number of halogens is 1. The molecule has 2 heterocycles. The molecule has 1 atom stereocenters. The van der Waals surface area contributed by atoms with Crippen molar-refractivity contribution in [1.82, 2.24) is 0 Å². The van der Waals surface area contributed by atoms with E-state index in [2.05, 4.69) is 53.0 Å². The van der Waals surface area contributed by atoms with Crippen LogP contribution in [0.5, 0.6) is 0 Å². The molecule has 2 nitrogen and oxygen atoms in total. The molecule has 1 aliphatic heterocycles. The number of nitrogens with zero attached hydrogens (tertiary/aromatic N) is 2. The third kappa shape index (κ3) is 2.53. The lowest BCUT2D eigenvalue weighted by Gasteiger charge is -2.27. The molecule has 19 heavy (non-hydrogen) atoms. The Bertz CT molecular complexity index is 592. The molecule has 4 heteroatoms. The van der Waals surface area contributed by atoms with Crippen molar-refractivity contribution >= 4 is 34.3 Å². The summed E-state index contributed by atoms with van der Waals surface area (Å²) in [7, 11) is 2.09. The second-order valence-corrected chi connectivity index (χ2v) is 6.09. The van der Waals surface area contributed by atoms with E-state index in [9.17, 15) is 0 Å². The van der Waals surface area contributed by atoms with Crippen LogP contribution in [0.25, 0.3) is 0 Å². The molecule has 3 rings (SSSR count). The highest BCUT2D eigenvalue weighted by molar-refractivity contribution is 7.08. The number of aliphatic imine (C=N–C) groups is 1. The number of rotatable bonds is 1.